The van der Waals surface area contributed by atoms with Crippen LogP contribution in [0.4, 0.5) is 0 Å². The zero-order valence-electron chi connectivity index (χ0n) is 10.6. The molecule has 0 bridgehead atoms. The molecule has 0 saturated carbocycles. The van der Waals surface area contributed by atoms with E-state index in [-0.39, 0.29) is 0 Å². The van der Waals surface area contributed by atoms with Gasteiger partial charge in [-0.25, -0.2) is 0 Å². The van der Waals surface area contributed by atoms with E-state index in [0.717, 1.165) is 32.7 Å². The van der Waals surface area contributed by atoms with Crippen molar-refractivity contribution in [3.63, 3.8) is 0 Å². The summed E-state index contributed by atoms with van der Waals surface area (Å²) in [6.07, 6.45) is 5.09. The SMILES string of the molecule is CCN(CC)C(N)=NCCC1CCCCO1. The summed E-state index contributed by atoms with van der Waals surface area (Å²) >= 11 is 0. The second-order valence-electron chi connectivity index (χ2n) is 4.19. The molecule has 0 radical (unpaired) electrons. The van der Waals surface area contributed by atoms with Crippen LogP contribution in [-0.2, 0) is 4.74 Å². The topological polar surface area (TPSA) is 50.8 Å². The summed E-state index contributed by atoms with van der Waals surface area (Å²) in [4.78, 5) is 6.47. The normalized spacial score (nSPS) is 22.1. The predicted octanol–water partition coefficient (Wildman–Crippen LogP) is 1.60. The molecule has 1 atom stereocenters. The van der Waals surface area contributed by atoms with Crippen molar-refractivity contribution in [2.24, 2.45) is 10.7 Å². The molecule has 1 rings (SSSR count). The van der Waals surface area contributed by atoms with Gasteiger partial charge in [-0.05, 0) is 39.5 Å². The minimum absolute atomic E-state index is 0.405. The van der Waals surface area contributed by atoms with Gasteiger partial charge in [0.1, 0.15) is 0 Å². The number of nitrogens with two attached hydrogens (primary N) is 1. The van der Waals surface area contributed by atoms with Crippen molar-refractivity contribution >= 4 is 5.96 Å². The summed E-state index contributed by atoms with van der Waals surface area (Å²) in [6, 6.07) is 0. The van der Waals surface area contributed by atoms with E-state index in [1.54, 1.807) is 0 Å². The quantitative estimate of drug-likeness (QED) is 0.573. The Morgan fingerprint density at radius 2 is 2.12 bits per heavy atom. The maximum atomic E-state index is 5.89. The Hall–Kier alpha value is -0.770. The van der Waals surface area contributed by atoms with Crippen LogP contribution >= 0.6 is 0 Å². The highest BCUT2D eigenvalue weighted by Gasteiger charge is 2.13. The molecule has 0 amide bonds. The number of ether oxygens (including phenoxy) is 1. The fourth-order valence-corrected chi connectivity index (χ4v) is 2.01. The van der Waals surface area contributed by atoms with Gasteiger partial charge in [-0.3, -0.25) is 4.99 Å². The second-order valence-corrected chi connectivity index (χ2v) is 4.19. The van der Waals surface area contributed by atoms with Crippen LogP contribution in [0, 0.1) is 0 Å². The molecular formula is C12H25N3O. The van der Waals surface area contributed by atoms with Crippen LogP contribution in [0.1, 0.15) is 39.5 Å². The van der Waals surface area contributed by atoms with Gasteiger partial charge in [-0.2, -0.15) is 0 Å². The maximum Gasteiger partial charge on any atom is 0.191 e. The lowest BCUT2D eigenvalue weighted by Gasteiger charge is -2.22. The zero-order chi connectivity index (χ0) is 11.8. The fraction of sp³-hybridized carbons (Fsp3) is 0.917. The van der Waals surface area contributed by atoms with E-state index in [1.807, 2.05) is 0 Å². The van der Waals surface area contributed by atoms with E-state index in [1.165, 1.54) is 19.3 Å². The van der Waals surface area contributed by atoms with Crippen LogP contribution < -0.4 is 5.73 Å². The van der Waals surface area contributed by atoms with E-state index < -0.39 is 0 Å². The van der Waals surface area contributed by atoms with E-state index in [4.69, 9.17) is 10.5 Å². The Morgan fingerprint density at radius 1 is 1.38 bits per heavy atom. The fourth-order valence-electron chi connectivity index (χ4n) is 2.01. The summed E-state index contributed by atoms with van der Waals surface area (Å²) < 4.78 is 5.65. The number of nitrogens with zero attached hydrogens (tertiary/aromatic N) is 2. The van der Waals surface area contributed by atoms with Crippen LogP contribution in [0.2, 0.25) is 0 Å². The molecular weight excluding hydrogens is 202 g/mol. The summed E-state index contributed by atoms with van der Waals surface area (Å²) in [5.74, 6) is 0.667. The Morgan fingerprint density at radius 3 is 2.69 bits per heavy atom. The third-order valence-electron chi connectivity index (χ3n) is 3.09. The average Bonchev–Trinajstić information content (AvgIpc) is 2.32. The summed E-state index contributed by atoms with van der Waals surface area (Å²) in [5, 5.41) is 0. The van der Waals surface area contributed by atoms with Gasteiger partial charge in [0.2, 0.25) is 0 Å². The van der Waals surface area contributed by atoms with E-state index in [9.17, 15) is 0 Å². The molecule has 0 spiro atoms. The molecule has 4 heteroatoms. The van der Waals surface area contributed by atoms with Crippen LogP contribution in [0.15, 0.2) is 4.99 Å². The van der Waals surface area contributed by atoms with Crippen LogP contribution in [0.5, 0.6) is 0 Å². The van der Waals surface area contributed by atoms with Gasteiger partial charge in [0.05, 0.1) is 6.10 Å². The average molecular weight is 227 g/mol. The molecule has 1 saturated heterocycles. The van der Waals surface area contributed by atoms with Gasteiger partial charge in [0.25, 0.3) is 0 Å². The molecule has 0 aliphatic carbocycles. The maximum absolute atomic E-state index is 5.89. The molecule has 0 aromatic carbocycles. The highest BCUT2D eigenvalue weighted by Crippen LogP contribution is 2.15. The molecule has 1 heterocycles. The van der Waals surface area contributed by atoms with Crippen molar-refractivity contribution in [3.05, 3.63) is 0 Å². The molecule has 16 heavy (non-hydrogen) atoms. The molecule has 1 aliphatic rings. The Labute approximate surface area is 98.9 Å². The van der Waals surface area contributed by atoms with Gasteiger partial charge in [-0.1, -0.05) is 0 Å². The highest BCUT2D eigenvalue weighted by molar-refractivity contribution is 5.77. The van der Waals surface area contributed by atoms with Gasteiger partial charge in [-0.15, -0.1) is 0 Å². The van der Waals surface area contributed by atoms with Crippen LogP contribution in [-0.4, -0.2) is 43.2 Å². The monoisotopic (exact) mass is 227 g/mol. The predicted molar refractivity (Wildman–Crippen MR) is 67.6 cm³/mol. The summed E-state index contributed by atoms with van der Waals surface area (Å²) in [6.45, 7) is 7.73. The smallest absolute Gasteiger partial charge is 0.191 e. The lowest BCUT2D eigenvalue weighted by molar-refractivity contribution is 0.0129. The van der Waals surface area contributed by atoms with Crippen LogP contribution in [0.3, 0.4) is 0 Å². The first-order chi connectivity index (χ1) is 7.77. The Kier molecular flexibility index (Phi) is 6.23. The van der Waals surface area contributed by atoms with Gasteiger partial charge >= 0.3 is 0 Å². The number of hydrogen-bond donors (Lipinski definition) is 1. The van der Waals surface area contributed by atoms with Crippen molar-refractivity contribution in [3.8, 4) is 0 Å². The first-order valence-corrected chi connectivity index (χ1v) is 6.44. The molecule has 2 N–H and O–H groups in total. The van der Waals surface area contributed by atoms with Crippen LogP contribution in [0.25, 0.3) is 0 Å². The summed E-state index contributed by atoms with van der Waals surface area (Å²) in [5.41, 5.74) is 5.89. The molecule has 0 aromatic heterocycles. The van der Waals surface area contributed by atoms with E-state index in [2.05, 4.69) is 23.7 Å². The number of guanidine groups is 1. The molecule has 1 unspecified atom stereocenters. The van der Waals surface area contributed by atoms with Gasteiger partial charge in [0.15, 0.2) is 5.96 Å². The lowest BCUT2D eigenvalue weighted by Crippen LogP contribution is -2.37. The summed E-state index contributed by atoms with van der Waals surface area (Å²) in [7, 11) is 0. The first kappa shape index (κ1) is 13.3. The van der Waals surface area contributed by atoms with Gasteiger partial charge in [0, 0.05) is 26.2 Å². The first-order valence-electron chi connectivity index (χ1n) is 6.44. The lowest BCUT2D eigenvalue weighted by atomic mass is 10.1. The largest absolute Gasteiger partial charge is 0.378 e. The molecule has 0 aromatic rings. The Bertz CT molecular complexity index is 208. The standard InChI is InChI=1S/C12H25N3O/c1-3-15(4-2)12(13)14-9-8-11-7-5-6-10-16-11/h11H,3-10H2,1-2H3,(H2,13,14). The molecule has 94 valence electrons. The third kappa shape index (κ3) is 4.39. The highest BCUT2D eigenvalue weighted by atomic mass is 16.5. The van der Waals surface area contributed by atoms with Crippen molar-refractivity contribution < 1.29 is 4.74 Å². The molecule has 4 nitrogen and oxygen atoms in total. The minimum Gasteiger partial charge on any atom is -0.378 e. The van der Waals surface area contributed by atoms with Crippen molar-refractivity contribution in [2.75, 3.05) is 26.2 Å². The van der Waals surface area contributed by atoms with Crippen molar-refractivity contribution in [1.82, 2.24) is 4.90 Å². The van der Waals surface area contributed by atoms with Crippen molar-refractivity contribution in [2.45, 2.75) is 45.6 Å². The zero-order valence-corrected chi connectivity index (χ0v) is 10.6. The number of rotatable bonds is 5. The number of aliphatic imine (C=N–C) groups is 1. The van der Waals surface area contributed by atoms with E-state index in [0.29, 0.717) is 12.1 Å². The van der Waals surface area contributed by atoms with E-state index >= 15 is 0 Å². The molecule has 1 fully saturated rings. The van der Waals surface area contributed by atoms with Gasteiger partial charge < -0.3 is 15.4 Å². The second kappa shape index (κ2) is 7.49. The number of hydrogen-bond acceptors (Lipinski definition) is 2. The third-order valence-corrected chi connectivity index (χ3v) is 3.09. The Balaban J connectivity index is 2.23. The molecule has 1 aliphatic heterocycles. The van der Waals surface area contributed by atoms with Crippen molar-refractivity contribution in [1.29, 1.82) is 0 Å². The minimum atomic E-state index is 0.405.